The molecule has 0 aromatic heterocycles. The summed E-state index contributed by atoms with van der Waals surface area (Å²) in [6, 6.07) is 3.07. The summed E-state index contributed by atoms with van der Waals surface area (Å²) >= 11 is 0. The summed E-state index contributed by atoms with van der Waals surface area (Å²) < 4.78 is 0. The van der Waals surface area contributed by atoms with E-state index in [2.05, 4.69) is 0 Å². The van der Waals surface area contributed by atoms with Gasteiger partial charge in [0.2, 0.25) is 0 Å². The highest BCUT2D eigenvalue weighted by Crippen LogP contribution is 1.99. The van der Waals surface area contributed by atoms with Crippen molar-refractivity contribution in [3.8, 4) is 0 Å². The van der Waals surface area contributed by atoms with Crippen LogP contribution in [0.15, 0.2) is 12.1 Å². The van der Waals surface area contributed by atoms with Gasteiger partial charge in [0.05, 0.1) is 0 Å². The summed E-state index contributed by atoms with van der Waals surface area (Å²) in [7, 11) is -3.06. The standard InChI is InChI=1S/C8H12B2O4/c1-5-3-8(10(13)14)6(2)4-7(5)9(11)12/h3-4,11-14H,1-2H3. The van der Waals surface area contributed by atoms with Crippen molar-refractivity contribution in [3.63, 3.8) is 0 Å². The summed E-state index contributed by atoms with van der Waals surface area (Å²) in [6.07, 6.45) is 0. The maximum Gasteiger partial charge on any atom is 0.488 e. The van der Waals surface area contributed by atoms with Crippen LogP contribution in [0.25, 0.3) is 0 Å². The lowest BCUT2D eigenvalue weighted by atomic mass is 9.70. The fourth-order valence-corrected chi connectivity index (χ4v) is 1.42. The second-order valence-corrected chi connectivity index (χ2v) is 3.31. The number of aryl methyl sites for hydroxylation is 2. The normalized spacial score (nSPS) is 10.1. The third kappa shape index (κ3) is 2.16. The van der Waals surface area contributed by atoms with Gasteiger partial charge in [0.25, 0.3) is 0 Å². The third-order valence-electron chi connectivity index (χ3n) is 2.21. The minimum Gasteiger partial charge on any atom is -0.423 e. The smallest absolute Gasteiger partial charge is 0.423 e. The van der Waals surface area contributed by atoms with E-state index >= 15 is 0 Å². The maximum absolute atomic E-state index is 8.99. The quantitative estimate of drug-likeness (QED) is 0.397. The highest BCUT2D eigenvalue weighted by atomic mass is 16.4. The first kappa shape index (κ1) is 11.3. The van der Waals surface area contributed by atoms with E-state index in [0.717, 1.165) is 0 Å². The van der Waals surface area contributed by atoms with E-state index in [-0.39, 0.29) is 0 Å². The minimum atomic E-state index is -1.53. The van der Waals surface area contributed by atoms with Crippen LogP contribution < -0.4 is 10.9 Å². The molecule has 0 saturated carbocycles. The van der Waals surface area contributed by atoms with Crippen LogP contribution in [0.5, 0.6) is 0 Å². The molecular formula is C8H12B2O4. The highest BCUT2D eigenvalue weighted by molar-refractivity contribution is 6.61. The largest absolute Gasteiger partial charge is 0.488 e. The van der Waals surface area contributed by atoms with E-state index in [4.69, 9.17) is 20.1 Å². The van der Waals surface area contributed by atoms with Crippen LogP contribution in [-0.4, -0.2) is 34.3 Å². The van der Waals surface area contributed by atoms with Gasteiger partial charge in [-0.15, -0.1) is 0 Å². The number of rotatable bonds is 2. The number of benzene rings is 1. The van der Waals surface area contributed by atoms with E-state index in [0.29, 0.717) is 22.1 Å². The van der Waals surface area contributed by atoms with Gasteiger partial charge in [-0.3, -0.25) is 0 Å². The summed E-state index contributed by atoms with van der Waals surface area (Å²) in [5.41, 5.74) is 2.00. The first-order valence-electron chi connectivity index (χ1n) is 4.26. The van der Waals surface area contributed by atoms with Gasteiger partial charge in [0, 0.05) is 0 Å². The molecule has 1 aromatic rings. The SMILES string of the molecule is Cc1cc(B(O)O)c(C)cc1B(O)O. The zero-order valence-electron chi connectivity index (χ0n) is 8.10. The zero-order chi connectivity index (χ0) is 10.9. The molecule has 1 aromatic carbocycles. The lowest BCUT2D eigenvalue weighted by molar-refractivity contribution is 0.423. The van der Waals surface area contributed by atoms with Gasteiger partial charge in [-0.25, -0.2) is 0 Å². The Balaban J connectivity index is 3.24. The molecule has 1 rings (SSSR count). The van der Waals surface area contributed by atoms with Crippen molar-refractivity contribution in [2.75, 3.05) is 0 Å². The van der Waals surface area contributed by atoms with E-state index in [1.807, 2.05) is 0 Å². The van der Waals surface area contributed by atoms with Crippen molar-refractivity contribution in [1.82, 2.24) is 0 Å². The Bertz CT molecular complexity index is 305. The van der Waals surface area contributed by atoms with Crippen molar-refractivity contribution < 1.29 is 20.1 Å². The second-order valence-electron chi connectivity index (χ2n) is 3.31. The Morgan fingerprint density at radius 2 is 1.07 bits per heavy atom. The molecular weight excluding hydrogens is 182 g/mol. The number of hydrogen-bond donors (Lipinski definition) is 4. The molecule has 0 aliphatic rings. The molecule has 0 unspecified atom stereocenters. The third-order valence-corrected chi connectivity index (χ3v) is 2.21. The molecule has 0 aliphatic heterocycles. The van der Waals surface area contributed by atoms with Crippen LogP contribution in [0.4, 0.5) is 0 Å². The van der Waals surface area contributed by atoms with Gasteiger partial charge in [0.1, 0.15) is 0 Å². The molecule has 0 aliphatic carbocycles. The van der Waals surface area contributed by atoms with Crippen molar-refractivity contribution in [2.45, 2.75) is 13.8 Å². The van der Waals surface area contributed by atoms with Crippen molar-refractivity contribution in [1.29, 1.82) is 0 Å². The summed E-state index contributed by atoms with van der Waals surface area (Å²) in [6.45, 7) is 3.36. The van der Waals surface area contributed by atoms with E-state index in [1.165, 1.54) is 12.1 Å². The summed E-state index contributed by atoms with van der Waals surface area (Å²) in [5, 5.41) is 36.0. The second kappa shape index (κ2) is 4.14. The van der Waals surface area contributed by atoms with Gasteiger partial charge in [-0.1, -0.05) is 23.3 Å². The predicted molar refractivity (Wildman–Crippen MR) is 55.6 cm³/mol. The Morgan fingerprint density at radius 1 is 0.786 bits per heavy atom. The molecule has 0 fully saturated rings. The van der Waals surface area contributed by atoms with Crippen molar-refractivity contribution >= 4 is 25.2 Å². The van der Waals surface area contributed by atoms with Crippen LogP contribution in [0, 0.1) is 13.8 Å². The Labute approximate surface area is 83.1 Å². The van der Waals surface area contributed by atoms with Crippen LogP contribution in [0.1, 0.15) is 11.1 Å². The molecule has 0 radical (unpaired) electrons. The van der Waals surface area contributed by atoms with Gasteiger partial charge in [-0.2, -0.15) is 0 Å². The molecule has 74 valence electrons. The monoisotopic (exact) mass is 194 g/mol. The van der Waals surface area contributed by atoms with Crippen LogP contribution in [0.3, 0.4) is 0 Å². The Morgan fingerprint density at radius 3 is 1.29 bits per heavy atom. The van der Waals surface area contributed by atoms with Crippen molar-refractivity contribution in [2.24, 2.45) is 0 Å². The highest BCUT2D eigenvalue weighted by Gasteiger charge is 2.19. The van der Waals surface area contributed by atoms with E-state index in [1.54, 1.807) is 13.8 Å². The zero-order valence-corrected chi connectivity index (χ0v) is 8.10. The van der Waals surface area contributed by atoms with Crippen LogP contribution in [0.2, 0.25) is 0 Å². The molecule has 14 heavy (non-hydrogen) atoms. The molecule has 0 saturated heterocycles. The predicted octanol–water partition coefficient (Wildman–Crippen LogP) is -2.34. The fraction of sp³-hybridized carbons (Fsp3) is 0.250. The average molecular weight is 194 g/mol. The first-order valence-corrected chi connectivity index (χ1v) is 4.26. The molecule has 6 heteroatoms. The molecule has 0 bridgehead atoms. The van der Waals surface area contributed by atoms with Gasteiger partial charge in [0.15, 0.2) is 0 Å². The molecule has 0 heterocycles. The lowest BCUT2D eigenvalue weighted by Crippen LogP contribution is -2.38. The maximum atomic E-state index is 8.99. The molecule has 4 N–H and O–H groups in total. The minimum absolute atomic E-state index is 0.381. The molecule has 0 spiro atoms. The van der Waals surface area contributed by atoms with Crippen LogP contribution >= 0.6 is 0 Å². The van der Waals surface area contributed by atoms with E-state index in [9.17, 15) is 0 Å². The van der Waals surface area contributed by atoms with Crippen molar-refractivity contribution in [3.05, 3.63) is 23.3 Å². The number of hydrogen-bond acceptors (Lipinski definition) is 4. The lowest BCUT2D eigenvalue weighted by Gasteiger charge is -2.10. The fourth-order valence-electron chi connectivity index (χ4n) is 1.42. The first-order chi connectivity index (χ1) is 6.43. The van der Waals surface area contributed by atoms with E-state index < -0.39 is 14.2 Å². The van der Waals surface area contributed by atoms with Gasteiger partial charge >= 0.3 is 14.2 Å². The van der Waals surface area contributed by atoms with Gasteiger partial charge in [-0.05, 0) is 24.8 Å². The molecule has 0 amide bonds. The summed E-state index contributed by atoms with van der Waals surface area (Å²) in [4.78, 5) is 0. The molecule has 4 nitrogen and oxygen atoms in total. The molecule has 0 atom stereocenters. The Kier molecular flexibility index (Phi) is 3.34. The topological polar surface area (TPSA) is 80.9 Å². The Hall–Kier alpha value is -0.810. The average Bonchev–Trinajstić information content (AvgIpc) is 2.07. The van der Waals surface area contributed by atoms with Crippen LogP contribution in [-0.2, 0) is 0 Å². The van der Waals surface area contributed by atoms with Gasteiger partial charge < -0.3 is 20.1 Å². The summed E-state index contributed by atoms with van der Waals surface area (Å²) in [5.74, 6) is 0.